The molecule has 0 spiro atoms. The standard InChI is InChI=1S/C12H27NO2/c1-6-7-13(10(2)3)8-12(14)9-15-11(4)5/h10-12,14H,6-9H2,1-5H3. The molecule has 0 amide bonds. The summed E-state index contributed by atoms with van der Waals surface area (Å²) in [4.78, 5) is 2.29. The lowest BCUT2D eigenvalue weighted by Gasteiger charge is -2.28. The SMILES string of the molecule is CCCN(CC(O)COC(C)C)C(C)C. The number of rotatable bonds is 8. The van der Waals surface area contributed by atoms with Crippen LogP contribution in [0.25, 0.3) is 0 Å². The summed E-state index contributed by atoms with van der Waals surface area (Å²) in [6.45, 7) is 12.6. The van der Waals surface area contributed by atoms with Gasteiger partial charge in [-0.1, -0.05) is 6.92 Å². The Balaban J connectivity index is 3.83. The molecule has 15 heavy (non-hydrogen) atoms. The van der Waals surface area contributed by atoms with E-state index in [4.69, 9.17) is 4.74 Å². The van der Waals surface area contributed by atoms with Crippen LogP contribution in [0.3, 0.4) is 0 Å². The third-order valence-electron chi connectivity index (χ3n) is 2.31. The highest BCUT2D eigenvalue weighted by Gasteiger charge is 2.14. The average molecular weight is 217 g/mol. The van der Waals surface area contributed by atoms with Crippen LogP contribution in [0.1, 0.15) is 41.0 Å². The second-order valence-electron chi connectivity index (χ2n) is 4.62. The van der Waals surface area contributed by atoms with E-state index in [0.717, 1.165) is 13.0 Å². The minimum absolute atomic E-state index is 0.193. The Morgan fingerprint density at radius 3 is 2.20 bits per heavy atom. The van der Waals surface area contributed by atoms with Gasteiger partial charge in [0.05, 0.1) is 18.8 Å². The van der Waals surface area contributed by atoms with Crippen LogP contribution >= 0.6 is 0 Å². The second kappa shape index (κ2) is 8.08. The van der Waals surface area contributed by atoms with Crippen molar-refractivity contribution >= 4 is 0 Å². The summed E-state index contributed by atoms with van der Waals surface area (Å²) in [5, 5.41) is 9.78. The van der Waals surface area contributed by atoms with Gasteiger partial charge in [-0.25, -0.2) is 0 Å². The summed E-state index contributed by atoms with van der Waals surface area (Å²) >= 11 is 0. The van der Waals surface area contributed by atoms with Crippen molar-refractivity contribution in [2.45, 2.75) is 59.3 Å². The van der Waals surface area contributed by atoms with Gasteiger partial charge < -0.3 is 9.84 Å². The lowest BCUT2D eigenvalue weighted by atomic mass is 10.2. The van der Waals surface area contributed by atoms with Crippen molar-refractivity contribution in [3.05, 3.63) is 0 Å². The first-order valence-corrected chi connectivity index (χ1v) is 6.01. The van der Waals surface area contributed by atoms with Crippen molar-refractivity contribution in [1.29, 1.82) is 0 Å². The molecule has 3 heteroatoms. The molecule has 0 saturated heterocycles. The number of hydrogen-bond acceptors (Lipinski definition) is 3. The van der Waals surface area contributed by atoms with Gasteiger partial charge in [-0.15, -0.1) is 0 Å². The van der Waals surface area contributed by atoms with Crippen molar-refractivity contribution in [2.24, 2.45) is 0 Å². The Morgan fingerprint density at radius 1 is 1.20 bits per heavy atom. The minimum atomic E-state index is -0.374. The van der Waals surface area contributed by atoms with Crippen LogP contribution in [0.4, 0.5) is 0 Å². The van der Waals surface area contributed by atoms with Crippen LogP contribution in [0.15, 0.2) is 0 Å². The van der Waals surface area contributed by atoms with Gasteiger partial charge in [-0.3, -0.25) is 4.90 Å². The summed E-state index contributed by atoms with van der Waals surface area (Å²) in [5.41, 5.74) is 0. The quantitative estimate of drug-likeness (QED) is 0.674. The lowest BCUT2D eigenvalue weighted by molar-refractivity contribution is -0.0123. The van der Waals surface area contributed by atoms with Crippen LogP contribution in [0, 0.1) is 0 Å². The zero-order valence-corrected chi connectivity index (χ0v) is 10.9. The average Bonchev–Trinajstić information content (AvgIpc) is 2.14. The highest BCUT2D eigenvalue weighted by molar-refractivity contribution is 4.67. The number of aliphatic hydroxyl groups excluding tert-OH is 1. The monoisotopic (exact) mass is 217 g/mol. The van der Waals surface area contributed by atoms with Gasteiger partial charge in [0.25, 0.3) is 0 Å². The Hall–Kier alpha value is -0.120. The van der Waals surface area contributed by atoms with Crippen molar-refractivity contribution in [2.75, 3.05) is 19.7 Å². The summed E-state index contributed by atoms with van der Waals surface area (Å²) in [5.74, 6) is 0. The molecule has 0 fully saturated rings. The molecule has 0 aliphatic rings. The molecule has 3 nitrogen and oxygen atoms in total. The van der Waals surface area contributed by atoms with Crippen LogP contribution in [0.5, 0.6) is 0 Å². The zero-order chi connectivity index (χ0) is 11.8. The van der Waals surface area contributed by atoms with E-state index in [1.54, 1.807) is 0 Å². The highest BCUT2D eigenvalue weighted by atomic mass is 16.5. The summed E-state index contributed by atoms with van der Waals surface area (Å²) in [6, 6.07) is 0.485. The highest BCUT2D eigenvalue weighted by Crippen LogP contribution is 2.02. The number of nitrogens with zero attached hydrogens (tertiary/aromatic N) is 1. The smallest absolute Gasteiger partial charge is 0.0900 e. The Labute approximate surface area is 94.4 Å². The van der Waals surface area contributed by atoms with Crippen LogP contribution in [-0.4, -0.2) is 48.0 Å². The van der Waals surface area contributed by atoms with Crippen LogP contribution < -0.4 is 0 Å². The molecule has 0 aliphatic carbocycles. The topological polar surface area (TPSA) is 32.7 Å². The zero-order valence-electron chi connectivity index (χ0n) is 10.9. The molecular weight excluding hydrogens is 190 g/mol. The van der Waals surface area contributed by atoms with Crippen molar-refractivity contribution in [3.8, 4) is 0 Å². The van der Waals surface area contributed by atoms with Gasteiger partial charge in [0.1, 0.15) is 0 Å². The van der Waals surface area contributed by atoms with E-state index in [1.165, 1.54) is 0 Å². The molecule has 0 bridgehead atoms. The molecule has 1 N–H and O–H groups in total. The Morgan fingerprint density at radius 2 is 1.80 bits per heavy atom. The molecule has 1 unspecified atom stereocenters. The summed E-state index contributed by atoms with van der Waals surface area (Å²) < 4.78 is 5.39. The first kappa shape index (κ1) is 14.9. The van der Waals surface area contributed by atoms with E-state index >= 15 is 0 Å². The third kappa shape index (κ3) is 7.77. The number of ether oxygens (including phenoxy) is 1. The van der Waals surface area contributed by atoms with E-state index in [-0.39, 0.29) is 12.2 Å². The van der Waals surface area contributed by atoms with Gasteiger partial charge in [0.2, 0.25) is 0 Å². The molecular formula is C12H27NO2. The molecule has 0 aromatic heterocycles. The van der Waals surface area contributed by atoms with Crippen LogP contribution in [0.2, 0.25) is 0 Å². The fourth-order valence-electron chi connectivity index (χ4n) is 1.47. The molecule has 0 heterocycles. The van der Waals surface area contributed by atoms with Gasteiger partial charge >= 0.3 is 0 Å². The normalized spacial score (nSPS) is 14.2. The van der Waals surface area contributed by atoms with Crippen molar-refractivity contribution in [1.82, 2.24) is 4.90 Å². The van der Waals surface area contributed by atoms with E-state index in [1.807, 2.05) is 13.8 Å². The van der Waals surface area contributed by atoms with E-state index in [0.29, 0.717) is 19.2 Å². The van der Waals surface area contributed by atoms with Gasteiger partial charge in [-0.2, -0.15) is 0 Å². The molecule has 0 aromatic carbocycles. The van der Waals surface area contributed by atoms with Crippen LogP contribution in [-0.2, 0) is 4.74 Å². The maximum absolute atomic E-state index is 9.78. The van der Waals surface area contributed by atoms with Gasteiger partial charge in [0, 0.05) is 12.6 Å². The molecule has 0 aromatic rings. The maximum atomic E-state index is 9.78. The lowest BCUT2D eigenvalue weighted by Crippen LogP contribution is -2.40. The number of hydrogen-bond donors (Lipinski definition) is 1. The van der Waals surface area contributed by atoms with Crippen molar-refractivity contribution < 1.29 is 9.84 Å². The van der Waals surface area contributed by atoms with E-state index in [2.05, 4.69) is 25.7 Å². The Kier molecular flexibility index (Phi) is 8.02. The largest absolute Gasteiger partial charge is 0.389 e. The molecule has 0 saturated carbocycles. The third-order valence-corrected chi connectivity index (χ3v) is 2.31. The first-order chi connectivity index (χ1) is 6.97. The van der Waals surface area contributed by atoms with E-state index < -0.39 is 0 Å². The summed E-state index contributed by atoms with van der Waals surface area (Å²) in [7, 11) is 0. The van der Waals surface area contributed by atoms with E-state index in [9.17, 15) is 5.11 Å². The Bertz CT molecular complexity index is 149. The molecule has 0 radical (unpaired) electrons. The molecule has 0 aliphatic heterocycles. The number of aliphatic hydroxyl groups is 1. The second-order valence-corrected chi connectivity index (χ2v) is 4.62. The summed E-state index contributed by atoms with van der Waals surface area (Å²) in [6.07, 6.45) is 0.940. The molecule has 1 atom stereocenters. The van der Waals surface area contributed by atoms with Gasteiger partial charge in [0.15, 0.2) is 0 Å². The fourth-order valence-corrected chi connectivity index (χ4v) is 1.47. The maximum Gasteiger partial charge on any atom is 0.0900 e. The fraction of sp³-hybridized carbons (Fsp3) is 1.00. The molecule has 92 valence electrons. The van der Waals surface area contributed by atoms with Crippen molar-refractivity contribution in [3.63, 3.8) is 0 Å². The predicted octanol–water partition coefficient (Wildman–Crippen LogP) is 1.89. The molecule has 0 rings (SSSR count). The first-order valence-electron chi connectivity index (χ1n) is 6.01. The predicted molar refractivity (Wildman–Crippen MR) is 64.1 cm³/mol. The van der Waals surface area contributed by atoms with Gasteiger partial charge in [-0.05, 0) is 40.7 Å². The minimum Gasteiger partial charge on any atom is -0.389 e.